The molecule has 0 unspecified atom stereocenters. The number of amides is 1. The van der Waals surface area contributed by atoms with Crippen molar-refractivity contribution < 1.29 is 4.79 Å². The Bertz CT molecular complexity index is 395. The van der Waals surface area contributed by atoms with Crippen LogP contribution in [0.15, 0.2) is 18.2 Å². The Kier molecular flexibility index (Phi) is 3.25. The topological polar surface area (TPSA) is 41.1 Å². The van der Waals surface area contributed by atoms with Gasteiger partial charge >= 0.3 is 0 Å². The number of carbonyl (C=O) groups excluding carboxylic acids is 1. The van der Waals surface area contributed by atoms with E-state index in [1.54, 1.807) is 0 Å². The number of hydrogen-bond donors (Lipinski definition) is 2. The smallest absolute Gasteiger partial charge is 0.251 e. The second kappa shape index (κ2) is 4.66. The average Bonchev–Trinajstić information content (AvgIpc) is 2.74. The average molecular weight is 218 g/mol. The Labute approximate surface area is 96.2 Å². The molecule has 0 bridgehead atoms. The summed E-state index contributed by atoms with van der Waals surface area (Å²) in [5, 5.41) is 6.30. The van der Waals surface area contributed by atoms with Crippen molar-refractivity contribution in [1.29, 1.82) is 0 Å². The molecule has 0 saturated carbocycles. The van der Waals surface area contributed by atoms with Crippen molar-refractivity contribution >= 4 is 5.91 Å². The summed E-state index contributed by atoms with van der Waals surface area (Å²) in [5.41, 5.74) is 2.96. The first-order chi connectivity index (χ1) is 7.66. The minimum absolute atomic E-state index is 0.0508. The van der Waals surface area contributed by atoms with Crippen molar-refractivity contribution in [1.82, 2.24) is 10.6 Å². The zero-order valence-corrected chi connectivity index (χ0v) is 9.84. The van der Waals surface area contributed by atoms with E-state index in [-0.39, 0.29) is 11.9 Å². The van der Waals surface area contributed by atoms with Gasteiger partial charge in [-0.2, -0.15) is 0 Å². The second-order valence-corrected chi connectivity index (χ2v) is 4.48. The fourth-order valence-electron chi connectivity index (χ4n) is 2.02. The highest BCUT2D eigenvalue weighted by Gasteiger charge is 2.18. The summed E-state index contributed by atoms with van der Waals surface area (Å²) >= 11 is 0. The van der Waals surface area contributed by atoms with Gasteiger partial charge in [0.25, 0.3) is 5.91 Å². The monoisotopic (exact) mass is 218 g/mol. The maximum atomic E-state index is 12.0. The van der Waals surface area contributed by atoms with Gasteiger partial charge in [-0.05, 0) is 38.4 Å². The number of nitrogens with one attached hydrogen (secondary N) is 2. The quantitative estimate of drug-likeness (QED) is 0.787. The van der Waals surface area contributed by atoms with Crippen LogP contribution in [0.1, 0.15) is 27.9 Å². The first kappa shape index (κ1) is 11.1. The van der Waals surface area contributed by atoms with E-state index in [4.69, 9.17) is 0 Å². The van der Waals surface area contributed by atoms with Crippen LogP contribution >= 0.6 is 0 Å². The molecule has 0 spiro atoms. The molecule has 3 nitrogen and oxygen atoms in total. The number of rotatable bonds is 2. The Morgan fingerprint density at radius 2 is 2.25 bits per heavy atom. The van der Waals surface area contributed by atoms with E-state index in [2.05, 4.69) is 10.6 Å². The minimum atomic E-state index is 0.0508. The Morgan fingerprint density at radius 3 is 2.94 bits per heavy atom. The molecule has 0 aliphatic carbocycles. The van der Waals surface area contributed by atoms with Crippen molar-refractivity contribution in [3.05, 3.63) is 34.9 Å². The van der Waals surface area contributed by atoms with Crippen LogP contribution < -0.4 is 10.6 Å². The molecule has 1 aliphatic rings. The van der Waals surface area contributed by atoms with Crippen LogP contribution in [0.25, 0.3) is 0 Å². The summed E-state index contributed by atoms with van der Waals surface area (Å²) in [4.78, 5) is 12.0. The van der Waals surface area contributed by atoms with Gasteiger partial charge in [-0.15, -0.1) is 0 Å². The standard InChI is InChI=1S/C13H18N2O/c1-9-3-4-10(2)12(7-9)13(16)15-11-5-6-14-8-11/h3-4,7,11,14H,5-6,8H2,1-2H3,(H,15,16)/t11-/m1/s1. The zero-order chi connectivity index (χ0) is 11.5. The van der Waals surface area contributed by atoms with Gasteiger partial charge in [-0.25, -0.2) is 0 Å². The highest BCUT2D eigenvalue weighted by Crippen LogP contribution is 2.11. The summed E-state index contributed by atoms with van der Waals surface area (Å²) in [5.74, 6) is 0.0508. The van der Waals surface area contributed by atoms with Gasteiger partial charge in [-0.1, -0.05) is 17.7 Å². The third-order valence-corrected chi connectivity index (χ3v) is 3.03. The summed E-state index contributed by atoms with van der Waals surface area (Å²) < 4.78 is 0. The SMILES string of the molecule is Cc1ccc(C)c(C(=O)N[C@@H]2CCNC2)c1. The van der Waals surface area contributed by atoms with Gasteiger partial charge < -0.3 is 10.6 Å². The normalized spacial score (nSPS) is 19.8. The van der Waals surface area contributed by atoms with Crippen LogP contribution in [0.4, 0.5) is 0 Å². The molecular formula is C13H18N2O. The van der Waals surface area contributed by atoms with E-state index < -0.39 is 0 Å². The lowest BCUT2D eigenvalue weighted by atomic mass is 10.0. The van der Waals surface area contributed by atoms with Gasteiger partial charge in [0.15, 0.2) is 0 Å². The molecule has 1 atom stereocenters. The van der Waals surface area contributed by atoms with Gasteiger partial charge in [0.1, 0.15) is 0 Å². The van der Waals surface area contributed by atoms with Crippen LogP contribution in [-0.2, 0) is 0 Å². The lowest BCUT2D eigenvalue weighted by Gasteiger charge is -2.13. The first-order valence-electron chi connectivity index (χ1n) is 5.75. The van der Waals surface area contributed by atoms with E-state index in [9.17, 15) is 4.79 Å². The predicted molar refractivity (Wildman–Crippen MR) is 64.7 cm³/mol. The highest BCUT2D eigenvalue weighted by molar-refractivity contribution is 5.96. The van der Waals surface area contributed by atoms with Crippen molar-refractivity contribution in [2.45, 2.75) is 26.3 Å². The van der Waals surface area contributed by atoms with Gasteiger partial charge in [0.05, 0.1) is 0 Å². The van der Waals surface area contributed by atoms with Crippen molar-refractivity contribution in [3.63, 3.8) is 0 Å². The molecule has 3 heteroatoms. The lowest BCUT2D eigenvalue weighted by molar-refractivity contribution is 0.0939. The fourth-order valence-corrected chi connectivity index (χ4v) is 2.02. The molecule has 0 aromatic heterocycles. The minimum Gasteiger partial charge on any atom is -0.348 e. The van der Waals surface area contributed by atoms with Crippen LogP contribution in [-0.4, -0.2) is 25.0 Å². The molecule has 1 aromatic carbocycles. The molecular weight excluding hydrogens is 200 g/mol. The molecule has 1 aromatic rings. The lowest BCUT2D eigenvalue weighted by Crippen LogP contribution is -2.36. The number of benzene rings is 1. The summed E-state index contributed by atoms with van der Waals surface area (Å²) in [6.07, 6.45) is 1.02. The van der Waals surface area contributed by atoms with Crippen LogP contribution in [0.2, 0.25) is 0 Å². The molecule has 1 aliphatic heterocycles. The predicted octanol–water partition coefficient (Wildman–Crippen LogP) is 1.40. The van der Waals surface area contributed by atoms with Crippen molar-refractivity contribution in [2.24, 2.45) is 0 Å². The molecule has 1 saturated heterocycles. The number of hydrogen-bond acceptors (Lipinski definition) is 2. The van der Waals surface area contributed by atoms with Gasteiger partial charge in [-0.3, -0.25) is 4.79 Å². The molecule has 1 amide bonds. The Hall–Kier alpha value is -1.35. The molecule has 0 radical (unpaired) electrons. The number of aryl methyl sites for hydroxylation is 2. The summed E-state index contributed by atoms with van der Waals surface area (Å²) in [7, 11) is 0. The molecule has 1 heterocycles. The van der Waals surface area contributed by atoms with Crippen molar-refractivity contribution in [2.75, 3.05) is 13.1 Å². The van der Waals surface area contributed by atoms with Crippen LogP contribution in [0.3, 0.4) is 0 Å². The zero-order valence-electron chi connectivity index (χ0n) is 9.84. The fraction of sp³-hybridized carbons (Fsp3) is 0.462. The maximum Gasteiger partial charge on any atom is 0.251 e. The molecule has 86 valence electrons. The van der Waals surface area contributed by atoms with Crippen LogP contribution in [0.5, 0.6) is 0 Å². The van der Waals surface area contributed by atoms with Crippen molar-refractivity contribution in [3.8, 4) is 0 Å². The van der Waals surface area contributed by atoms with E-state index in [0.29, 0.717) is 0 Å². The van der Waals surface area contributed by atoms with E-state index >= 15 is 0 Å². The molecule has 2 rings (SSSR count). The maximum absolute atomic E-state index is 12.0. The van der Waals surface area contributed by atoms with Crippen LogP contribution in [0, 0.1) is 13.8 Å². The van der Waals surface area contributed by atoms with Gasteiger partial charge in [0, 0.05) is 18.2 Å². The molecule has 1 fully saturated rings. The molecule has 16 heavy (non-hydrogen) atoms. The molecule has 2 N–H and O–H groups in total. The van der Waals surface area contributed by atoms with E-state index in [0.717, 1.165) is 36.2 Å². The highest BCUT2D eigenvalue weighted by atomic mass is 16.1. The summed E-state index contributed by atoms with van der Waals surface area (Å²) in [6.45, 7) is 5.86. The third-order valence-electron chi connectivity index (χ3n) is 3.03. The van der Waals surface area contributed by atoms with Gasteiger partial charge in [0.2, 0.25) is 0 Å². The second-order valence-electron chi connectivity index (χ2n) is 4.48. The summed E-state index contributed by atoms with van der Waals surface area (Å²) in [6, 6.07) is 6.26. The third kappa shape index (κ3) is 2.42. The Balaban J connectivity index is 2.10. The number of carbonyl (C=O) groups is 1. The first-order valence-corrected chi connectivity index (χ1v) is 5.75. The largest absolute Gasteiger partial charge is 0.348 e. The van der Waals surface area contributed by atoms with E-state index in [1.165, 1.54) is 0 Å². The Morgan fingerprint density at radius 1 is 1.44 bits per heavy atom. The van der Waals surface area contributed by atoms with E-state index in [1.807, 2.05) is 32.0 Å².